The third kappa shape index (κ3) is 1.82. The van der Waals surface area contributed by atoms with E-state index in [4.69, 9.17) is 5.73 Å². The molecular weight excluding hydrogens is 204 g/mol. The van der Waals surface area contributed by atoms with Crippen LogP contribution in [0, 0.1) is 12.8 Å². The fourth-order valence-electron chi connectivity index (χ4n) is 1.92. The summed E-state index contributed by atoms with van der Waals surface area (Å²) in [7, 11) is 0. The van der Waals surface area contributed by atoms with Crippen molar-refractivity contribution in [3.8, 4) is 0 Å². The van der Waals surface area contributed by atoms with Gasteiger partial charge in [0.1, 0.15) is 5.82 Å². The van der Waals surface area contributed by atoms with Crippen LogP contribution in [0.15, 0.2) is 5.10 Å². The Morgan fingerprint density at radius 2 is 2.12 bits per heavy atom. The van der Waals surface area contributed by atoms with E-state index in [-0.39, 0.29) is 5.95 Å². The highest BCUT2D eigenvalue weighted by Crippen LogP contribution is 2.24. The van der Waals surface area contributed by atoms with E-state index in [0.29, 0.717) is 23.7 Å². The monoisotopic (exact) mass is 220 g/mol. The molecule has 0 radical (unpaired) electrons. The molecule has 1 aliphatic rings. The zero-order valence-corrected chi connectivity index (χ0v) is 9.75. The zero-order chi connectivity index (χ0) is 11.7. The molecule has 0 bridgehead atoms. The molecule has 0 saturated heterocycles. The number of anilines is 2. The summed E-state index contributed by atoms with van der Waals surface area (Å²) in [4.78, 5) is 12.3. The minimum absolute atomic E-state index is 0.243. The minimum atomic E-state index is 0.243. The van der Waals surface area contributed by atoms with E-state index in [2.05, 4.69) is 33.9 Å². The molecule has 1 aromatic heterocycles. The second-order valence-electron chi connectivity index (χ2n) is 3.98. The van der Waals surface area contributed by atoms with E-state index in [9.17, 15) is 0 Å². The molecule has 2 heterocycles. The molecule has 0 fully saturated rings. The van der Waals surface area contributed by atoms with Gasteiger partial charge >= 0.3 is 0 Å². The Hall–Kier alpha value is -1.72. The standard InChI is InChI=1S/C10H16N6/c1-4-8-6(2)5-12-16(8)10-14-7(3)13-9(11)15-10/h5-6,8H,4H2,1-3H3,(H2,11,13,14,15). The van der Waals surface area contributed by atoms with Gasteiger partial charge in [-0.3, -0.25) is 0 Å². The van der Waals surface area contributed by atoms with Crippen LogP contribution in [-0.2, 0) is 0 Å². The highest BCUT2D eigenvalue weighted by molar-refractivity contribution is 5.67. The van der Waals surface area contributed by atoms with Crippen LogP contribution in [0.3, 0.4) is 0 Å². The molecule has 0 aromatic carbocycles. The average molecular weight is 220 g/mol. The Bertz CT molecular complexity index is 396. The molecular formula is C10H16N6. The van der Waals surface area contributed by atoms with E-state index in [1.165, 1.54) is 0 Å². The molecule has 2 unspecified atom stereocenters. The summed E-state index contributed by atoms with van der Waals surface area (Å²) in [6, 6.07) is 0.307. The maximum Gasteiger partial charge on any atom is 0.251 e. The van der Waals surface area contributed by atoms with Gasteiger partial charge < -0.3 is 5.73 Å². The third-order valence-corrected chi connectivity index (χ3v) is 2.72. The molecule has 0 aliphatic carbocycles. The van der Waals surface area contributed by atoms with Crippen LogP contribution in [0.5, 0.6) is 0 Å². The molecule has 2 atom stereocenters. The van der Waals surface area contributed by atoms with Crippen molar-refractivity contribution in [1.29, 1.82) is 0 Å². The molecule has 0 spiro atoms. The van der Waals surface area contributed by atoms with Crippen LogP contribution < -0.4 is 10.7 Å². The van der Waals surface area contributed by atoms with Crippen LogP contribution >= 0.6 is 0 Å². The van der Waals surface area contributed by atoms with E-state index < -0.39 is 0 Å². The lowest BCUT2D eigenvalue weighted by Gasteiger charge is -2.23. The molecule has 0 amide bonds. The van der Waals surface area contributed by atoms with Gasteiger partial charge in [0.05, 0.1) is 6.04 Å². The molecule has 0 saturated carbocycles. The predicted octanol–water partition coefficient (Wildman–Crippen LogP) is 0.983. The minimum Gasteiger partial charge on any atom is -0.368 e. The fourth-order valence-corrected chi connectivity index (χ4v) is 1.92. The van der Waals surface area contributed by atoms with E-state index in [1.54, 1.807) is 6.92 Å². The van der Waals surface area contributed by atoms with Crippen molar-refractivity contribution in [1.82, 2.24) is 15.0 Å². The Morgan fingerprint density at radius 3 is 2.75 bits per heavy atom. The van der Waals surface area contributed by atoms with Crippen LogP contribution in [0.25, 0.3) is 0 Å². The van der Waals surface area contributed by atoms with Gasteiger partial charge in [0.2, 0.25) is 5.95 Å². The summed E-state index contributed by atoms with van der Waals surface area (Å²) < 4.78 is 0. The summed E-state index contributed by atoms with van der Waals surface area (Å²) in [5.41, 5.74) is 5.61. The van der Waals surface area contributed by atoms with Crippen molar-refractivity contribution in [3.05, 3.63) is 5.82 Å². The van der Waals surface area contributed by atoms with Crippen molar-refractivity contribution in [2.75, 3.05) is 10.7 Å². The molecule has 6 nitrogen and oxygen atoms in total. The predicted molar refractivity (Wildman–Crippen MR) is 63.2 cm³/mol. The van der Waals surface area contributed by atoms with Crippen molar-refractivity contribution in [2.24, 2.45) is 11.0 Å². The number of hydrogen-bond acceptors (Lipinski definition) is 6. The zero-order valence-electron chi connectivity index (χ0n) is 9.75. The smallest absolute Gasteiger partial charge is 0.251 e. The van der Waals surface area contributed by atoms with Crippen LogP contribution in [0.2, 0.25) is 0 Å². The van der Waals surface area contributed by atoms with E-state index in [1.807, 2.05) is 11.2 Å². The molecule has 6 heteroatoms. The lowest BCUT2D eigenvalue weighted by Crippen LogP contribution is -2.32. The molecule has 1 aliphatic heterocycles. The third-order valence-electron chi connectivity index (χ3n) is 2.72. The van der Waals surface area contributed by atoms with Crippen LogP contribution in [-0.4, -0.2) is 27.2 Å². The van der Waals surface area contributed by atoms with Gasteiger partial charge in [-0.25, -0.2) is 5.01 Å². The first-order valence-electron chi connectivity index (χ1n) is 5.43. The Labute approximate surface area is 94.6 Å². The Balaban J connectivity index is 2.33. The normalized spacial score (nSPS) is 24.1. The maximum atomic E-state index is 5.61. The van der Waals surface area contributed by atoms with E-state index in [0.717, 1.165) is 6.42 Å². The number of nitrogens with two attached hydrogens (primary N) is 1. The first-order valence-corrected chi connectivity index (χ1v) is 5.43. The van der Waals surface area contributed by atoms with Gasteiger partial charge in [-0.05, 0) is 13.3 Å². The Kier molecular flexibility index (Phi) is 2.72. The molecule has 2 rings (SSSR count). The number of rotatable bonds is 2. The highest BCUT2D eigenvalue weighted by Gasteiger charge is 2.29. The largest absolute Gasteiger partial charge is 0.368 e. The first kappa shape index (κ1) is 10.8. The van der Waals surface area contributed by atoms with Crippen molar-refractivity contribution < 1.29 is 0 Å². The maximum absolute atomic E-state index is 5.61. The van der Waals surface area contributed by atoms with Crippen LogP contribution in [0.4, 0.5) is 11.9 Å². The second-order valence-corrected chi connectivity index (χ2v) is 3.98. The summed E-state index contributed by atoms with van der Waals surface area (Å²) in [6.45, 7) is 6.06. The first-order chi connectivity index (χ1) is 7.61. The summed E-state index contributed by atoms with van der Waals surface area (Å²) in [6.07, 6.45) is 2.91. The second kappa shape index (κ2) is 4.03. The van der Waals surface area contributed by atoms with Gasteiger partial charge in [-0.2, -0.15) is 20.1 Å². The molecule has 2 N–H and O–H groups in total. The quantitative estimate of drug-likeness (QED) is 0.803. The fraction of sp³-hybridized carbons (Fsp3) is 0.600. The van der Waals surface area contributed by atoms with Crippen molar-refractivity contribution in [2.45, 2.75) is 33.2 Å². The SMILES string of the molecule is CCC1C(C)C=NN1c1nc(C)nc(N)n1. The average Bonchev–Trinajstić information content (AvgIpc) is 2.58. The van der Waals surface area contributed by atoms with Crippen molar-refractivity contribution in [3.63, 3.8) is 0 Å². The number of nitrogen functional groups attached to an aromatic ring is 1. The van der Waals surface area contributed by atoms with Gasteiger partial charge in [0.15, 0.2) is 0 Å². The summed E-state index contributed by atoms with van der Waals surface area (Å²) in [5, 5.41) is 6.15. The summed E-state index contributed by atoms with van der Waals surface area (Å²) in [5.74, 6) is 1.81. The topological polar surface area (TPSA) is 80.3 Å². The number of nitrogens with zero attached hydrogens (tertiary/aromatic N) is 5. The number of aromatic nitrogens is 3. The van der Waals surface area contributed by atoms with E-state index >= 15 is 0 Å². The number of hydrazone groups is 1. The van der Waals surface area contributed by atoms with Gasteiger partial charge in [0, 0.05) is 12.1 Å². The lowest BCUT2D eigenvalue weighted by molar-refractivity contribution is 0.535. The van der Waals surface area contributed by atoms with Gasteiger partial charge in [-0.1, -0.05) is 13.8 Å². The van der Waals surface area contributed by atoms with Crippen molar-refractivity contribution >= 4 is 18.1 Å². The van der Waals surface area contributed by atoms with Crippen LogP contribution in [0.1, 0.15) is 26.1 Å². The molecule has 86 valence electrons. The summed E-state index contributed by atoms with van der Waals surface area (Å²) >= 11 is 0. The van der Waals surface area contributed by atoms with Gasteiger partial charge in [-0.15, -0.1) is 0 Å². The molecule has 16 heavy (non-hydrogen) atoms. The highest BCUT2D eigenvalue weighted by atomic mass is 15.5. The number of hydrogen-bond donors (Lipinski definition) is 1. The lowest BCUT2D eigenvalue weighted by atomic mass is 10.0. The van der Waals surface area contributed by atoms with Gasteiger partial charge in [0.25, 0.3) is 5.95 Å². The number of aryl methyl sites for hydroxylation is 1. The molecule has 1 aromatic rings. The Morgan fingerprint density at radius 1 is 1.38 bits per heavy atom.